The first-order valence-corrected chi connectivity index (χ1v) is 9.06. The summed E-state index contributed by atoms with van der Waals surface area (Å²) in [5.74, 6) is 0.844. The number of nitrogens with one attached hydrogen (secondary N) is 1. The highest BCUT2D eigenvalue weighted by molar-refractivity contribution is 7.92. The van der Waals surface area contributed by atoms with Crippen LogP contribution < -0.4 is 11.1 Å². The molecular weight excluding hydrogens is 276 g/mol. The number of hydrogen-bond acceptors (Lipinski definition) is 4. The Labute approximate surface area is 123 Å². The van der Waals surface area contributed by atoms with Gasteiger partial charge in [0.25, 0.3) is 0 Å². The van der Waals surface area contributed by atoms with Crippen LogP contribution in [0.4, 0.5) is 0 Å². The molecule has 1 amide bonds. The summed E-state index contributed by atoms with van der Waals surface area (Å²) in [5, 5.41) is 2.72. The largest absolute Gasteiger partial charge is 0.355 e. The fourth-order valence-corrected chi connectivity index (χ4v) is 2.21. The first kappa shape index (κ1) is 19.4. The lowest BCUT2D eigenvalue weighted by atomic mass is 9.88. The van der Waals surface area contributed by atoms with Crippen LogP contribution >= 0.6 is 0 Å². The summed E-state index contributed by atoms with van der Waals surface area (Å²) in [6.07, 6.45) is 3.32. The summed E-state index contributed by atoms with van der Waals surface area (Å²) in [6.45, 7) is 8.28. The second kappa shape index (κ2) is 7.98. The first-order valence-electron chi connectivity index (χ1n) is 7.17. The van der Waals surface area contributed by atoms with Gasteiger partial charge >= 0.3 is 0 Å². The van der Waals surface area contributed by atoms with Gasteiger partial charge in [-0.15, -0.1) is 0 Å². The number of carbonyl (C=O) groups is 1. The van der Waals surface area contributed by atoms with Crippen LogP contribution in [-0.4, -0.2) is 38.4 Å². The minimum atomic E-state index is -3.18. The molecule has 0 aromatic carbocycles. The Bertz CT molecular complexity index is 403. The van der Waals surface area contributed by atoms with E-state index in [4.69, 9.17) is 5.73 Å². The molecule has 0 fully saturated rings. The Hall–Kier alpha value is -0.620. The third kappa shape index (κ3) is 6.70. The van der Waals surface area contributed by atoms with Crippen LogP contribution in [0, 0.1) is 11.8 Å². The van der Waals surface area contributed by atoms with E-state index in [-0.39, 0.29) is 12.5 Å². The molecule has 0 radical (unpaired) electrons. The van der Waals surface area contributed by atoms with Crippen molar-refractivity contribution in [3.8, 4) is 0 Å². The summed E-state index contributed by atoms with van der Waals surface area (Å²) >= 11 is 0. The Morgan fingerprint density at radius 3 is 2.20 bits per heavy atom. The molecule has 0 aliphatic rings. The molecule has 0 aliphatic heterocycles. The maximum absolute atomic E-state index is 11.8. The van der Waals surface area contributed by atoms with Crippen molar-refractivity contribution >= 4 is 15.7 Å². The molecule has 120 valence electrons. The quantitative estimate of drug-likeness (QED) is 0.672. The second-order valence-corrected chi connectivity index (χ2v) is 9.08. The standard InChI is InChI=1S/C14H30N2O3S/c1-11(2)12(8-9-15)6-7-13(17)16-10-14(3,4)20(5,18)19/h11-12H,6-10,15H2,1-5H3,(H,16,17). The molecule has 0 aromatic heterocycles. The topological polar surface area (TPSA) is 89.3 Å². The van der Waals surface area contributed by atoms with Gasteiger partial charge in [-0.05, 0) is 45.1 Å². The van der Waals surface area contributed by atoms with Gasteiger partial charge < -0.3 is 11.1 Å². The fourth-order valence-electron chi connectivity index (χ4n) is 1.87. The Balaban J connectivity index is 4.25. The van der Waals surface area contributed by atoms with Crippen LogP contribution in [0.5, 0.6) is 0 Å². The summed E-state index contributed by atoms with van der Waals surface area (Å²) in [7, 11) is -3.18. The summed E-state index contributed by atoms with van der Waals surface area (Å²) in [6, 6.07) is 0. The smallest absolute Gasteiger partial charge is 0.220 e. The Morgan fingerprint density at radius 2 is 1.80 bits per heavy atom. The van der Waals surface area contributed by atoms with Gasteiger partial charge in [0.2, 0.25) is 5.91 Å². The van der Waals surface area contributed by atoms with E-state index in [1.807, 2.05) is 0 Å². The molecular formula is C14H30N2O3S. The van der Waals surface area contributed by atoms with Crippen molar-refractivity contribution in [2.24, 2.45) is 17.6 Å². The molecule has 1 unspecified atom stereocenters. The highest BCUT2D eigenvalue weighted by atomic mass is 32.2. The van der Waals surface area contributed by atoms with Crippen LogP contribution in [0.25, 0.3) is 0 Å². The molecule has 0 aromatic rings. The van der Waals surface area contributed by atoms with E-state index >= 15 is 0 Å². The number of sulfone groups is 1. The average molecular weight is 306 g/mol. The molecule has 0 aliphatic carbocycles. The van der Waals surface area contributed by atoms with Gasteiger partial charge in [-0.1, -0.05) is 13.8 Å². The zero-order chi connectivity index (χ0) is 16.0. The molecule has 0 saturated carbocycles. The molecule has 3 N–H and O–H groups in total. The van der Waals surface area contributed by atoms with E-state index < -0.39 is 14.6 Å². The van der Waals surface area contributed by atoms with Gasteiger partial charge in [0.15, 0.2) is 9.84 Å². The molecule has 5 nitrogen and oxygen atoms in total. The van der Waals surface area contributed by atoms with Crippen molar-refractivity contribution in [1.29, 1.82) is 0 Å². The SMILES string of the molecule is CC(C)C(CCN)CCC(=O)NCC(C)(C)S(C)(=O)=O. The molecule has 0 rings (SSSR count). The molecule has 0 spiro atoms. The third-order valence-corrected chi connectivity index (χ3v) is 6.09. The van der Waals surface area contributed by atoms with Gasteiger partial charge in [-0.3, -0.25) is 4.79 Å². The molecule has 20 heavy (non-hydrogen) atoms. The fraction of sp³-hybridized carbons (Fsp3) is 0.929. The predicted octanol–water partition coefficient (Wildman–Crippen LogP) is 1.33. The molecule has 0 saturated heterocycles. The normalized spacial score (nSPS) is 14.3. The predicted molar refractivity (Wildman–Crippen MR) is 83.2 cm³/mol. The number of carbonyl (C=O) groups excluding carboxylic acids is 1. The van der Waals surface area contributed by atoms with Crippen LogP contribution in [0.2, 0.25) is 0 Å². The van der Waals surface area contributed by atoms with Gasteiger partial charge in [-0.25, -0.2) is 8.42 Å². The molecule has 1 atom stereocenters. The van der Waals surface area contributed by atoms with E-state index in [0.717, 1.165) is 12.8 Å². The van der Waals surface area contributed by atoms with Gasteiger partial charge in [-0.2, -0.15) is 0 Å². The molecule has 0 bridgehead atoms. The van der Waals surface area contributed by atoms with Crippen molar-refractivity contribution < 1.29 is 13.2 Å². The zero-order valence-electron chi connectivity index (χ0n) is 13.4. The van der Waals surface area contributed by atoms with E-state index in [1.165, 1.54) is 6.26 Å². The Kier molecular flexibility index (Phi) is 7.73. The maximum Gasteiger partial charge on any atom is 0.220 e. The highest BCUT2D eigenvalue weighted by Gasteiger charge is 2.30. The van der Waals surface area contributed by atoms with Crippen molar-refractivity contribution in [1.82, 2.24) is 5.32 Å². The van der Waals surface area contributed by atoms with Crippen molar-refractivity contribution in [3.63, 3.8) is 0 Å². The lowest BCUT2D eigenvalue weighted by Crippen LogP contribution is -2.43. The summed E-state index contributed by atoms with van der Waals surface area (Å²) in [5.41, 5.74) is 5.57. The maximum atomic E-state index is 11.8. The van der Waals surface area contributed by atoms with Crippen molar-refractivity contribution in [2.75, 3.05) is 19.3 Å². The van der Waals surface area contributed by atoms with E-state index in [1.54, 1.807) is 13.8 Å². The van der Waals surface area contributed by atoms with E-state index in [0.29, 0.717) is 24.8 Å². The zero-order valence-corrected chi connectivity index (χ0v) is 14.2. The highest BCUT2D eigenvalue weighted by Crippen LogP contribution is 2.20. The lowest BCUT2D eigenvalue weighted by molar-refractivity contribution is -0.121. The summed E-state index contributed by atoms with van der Waals surface area (Å²) in [4.78, 5) is 11.8. The third-order valence-electron chi connectivity index (χ3n) is 3.94. The number of rotatable bonds is 9. The molecule has 0 heterocycles. The minimum absolute atomic E-state index is 0.0932. The number of nitrogens with two attached hydrogens (primary N) is 1. The monoisotopic (exact) mass is 306 g/mol. The number of amides is 1. The lowest BCUT2D eigenvalue weighted by Gasteiger charge is -2.23. The molecule has 6 heteroatoms. The number of hydrogen-bond donors (Lipinski definition) is 2. The van der Waals surface area contributed by atoms with Crippen molar-refractivity contribution in [3.05, 3.63) is 0 Å². The van der Waals surface area contributed by atoms with Crippen LogP contribution in [-0.2, 0) is 14.6 Å². The first-order chi connectivity index (χ1) is 9.01. The van der Waals surface area contributed by atoms with Crippen LogP contribution in [0.1, 0.15) is 47.0 Å². The summed E-state index contributed by atoms with van der Waals surface area (Å²) < 4.78 is 22.1. The second-order valence-electron chi connectivity index (χ2n) is 6.43. The van der Waals surface area contributed by atoms with E-state index in [9.17, 15) is 13.2 Å². The Morgan fingerprint density at radius 1 is 1.25 bits per heavy atom. The van der Waals surface area contributed by atoms with Crippen molar-refractivity contribution in [2.45, 2.75) is 51.7 Å². The van der Waals surface area contributed by atoms with Gasteiger partial charge in [0.05, 0.1) is 4.75 Å². The average Bonchev–Trinajstić information content (AvgIpc) is 2.30. The van der Waals surface area contributed by atoms with E-state index in [2.05, 4.69) is 19.2 Å². The van der Waals surface area contributed by atoms with Gasteiger partial charge in [0, 0.05) is 19.2 Å². The van der Waals surface area contributed by atoms with Crippen LogP contribution in [0.15, 0.2) is 0 Å². The van der Waals surface area contributed by atoms with Crippen LogP contribution in [0.3, 0.4) is 0 Å². The minimum Gasteiger partial charge on any atom is -0.355 e. The van der Waals surface area contributed by atoms with Gasteiger partial charge in [0.1, 0.15) is 0 Å².